The maximum Gasteiger partial charge on any atom is 0.264 e. The molecule has 2 N–H and O–H groups in total. The molecule has 0 saturated carbocycles. The average molecular weight is 343 g/mol. The van der Waals surface area contributed by atoms with E-state index in [0.717, 1.165) is 18.9 Å². The van der Waals surface area contributed by atoms with Gasteiger partial charge in [-0.2, -0.15) is 0 Å². The third-order valence-electron chi connectivity index (χ3n) is 4.13. The third kappa shape index (κ3) is 2.69. The second-order valence-corrected chi connectivity index (χ2v) is 7.41. The summed E-state index contributed by atoms with van der Waals surface area (Å²) in [6.45, 7) is 2.00. The Morgan fingerprint density at radius 1 is 1.12 bits per heavy atom. The van der Waals surface area contributed by atoms with Crippen LogP contribution in [-0.2, 0) is 10.0 Å². The van der Waals surface area contributed by atoms with Crippen LogP contribution in [0.5, 0.6) is 0 Å². The summed E-state index contributed by atoms with van der Waals surface area (Å²) in [4.78, 5) is 13.7. The second kappa shape index (κ2) is 5.79. The van der Waals surface area contributed by atoms with Crippen molar-refractivity contribution in [1.29, 1.82) is 0 Å². The van der Waals surface area contributed by atoms with Gasteiger partial charge in [0.05, 0.1) is 11.9 Å². The summed E-state index contributed by atoms with van der Waals surface area (Å²) in [6, 6.07) is 7.02. The van der Waals surface area contributed by atoms with Crippen molar-refractivity contribution in [2.45, 2.75) is 17.7 Å². The highest BCUT2D eigenvalue weighted by Gasteiger charge is 2.20. The van der Waals surface area contributed by atoms with Gasteiger partial charge < -0.3 is 9.88 Å². The van der Waals surface area contributed by atoms with E-state index in [9.17, 15) is 8.42 Å². The predicted octanol–water partition coefficient (Wildman–Crippen LogP) is 2.36. The quantitative estimate of drug-likeness (QED) is 0.759. The van der Waals surface area contributed by atoms with E-state index >= 15 is 0 Å². The fraction of sp³-hybridized carbons (Fsp3) is 0.250. The molecule has 0 radical (unpaired) electrons. The number of nitrogens with one attached hydrogen (secondary N) is 2. The maximum absolute atomic E-state index is 12.6. The van der Waals surface area contributed by atoms with Crippen molar-refractivity contribution < 1.29 is 8.42 Å². The van der Waals surface area contributed by atoms with Crippen molar-refractivity contribution >= 4 is 32.6 Å². The summed E-state index contributed by atoms with van der Waals surface area (Å²) in [5.74, 6) is 0.881. The lowest BCUT2D eigenvalue weighted by Gasteiger charge is -2.16. The minimum Gasteiger partial charge on any atom is -0.357 e. The van der Waals surface area contributed by atoms with Gasteiger partial charge in [0.15, 0.2) is 0 Å². The molecule has 0 aliphatic carbocycles. The SMILES string of the molecule is O=S(=O)(Nc1ccc(N2CCCC2)nc1)c1c[nH]c2ncccc12. The van der Waals surface area contributed by atoms with Crippen LogP contribution in [0.3, 0.4) is 0 Å². The Bertz CT molecular complexity index is 960. The van der Waals surface area contributed by atoms with Crippen LogP contribution in [-0.4, -0.2) is 36.5 Å². The molecule has 3 aromatic heterocycles. The third-order valence-corrected chi connectivity index (χ3v) is 5.55. The number of sulfonamides is 1. The van der Waals surface area contributed by atoms with E-state index in [0.29, 0.717) is 16.7 Å². The van der Waals surface area contributed by atoms with Crippen LogP contribution in [0.4, 0.5) is 11.5 Å². The molecular formula is C16H17N5O2S. The predicted molar refractivity (Wildman–Crippen MR) is 92.6 cm³/mol. The van der Waals surface area contributed by atoms with Gasteiger partial charge in [-0.25, -0.2) is 18.4 Å². The highest BCUT2D eigenvalue weighted by Crippen LogP contribution is 2.24. The molecule has 0 aromatic carbocycles. The van der Waals surface area contributed by atoms with Crippen molar-refractivity contribution in [3.05, 3.63) is 42.9 Å². The lowest BCUT2D eigenvalue weighted by atomic mass is 10.3. The molecule has 0 atom stereocenters. The van der Waals surface area contributed by atoms with E-state index in [2.05, 4.69) is 24.6 Å². The van der Waals surface area contributed by atoms with Gasteiger partial charge in [0.25, 0.3) is 10.0 Å². The van der Waals surface area contributed by atoms with Crippen LogP contribution in [0.2, 0.25) is 0 Å². The molecule has 1 saturated heterocycles. The number of anilines is 2. The molecule has 4 heterocycles. The first-order chi connectivity index (χ1) is 11.6. The fourth-order valence-corrected chi connectivity index (χ4v) is 4.15. The number of rotatable bonds is 4. The second-order valence-electron chi connectivity index (χ2n) is 5.76. The zero-order chi connectivity index (χ0) is 16.6. The summed E-state index contributed by atoms with van der Waals surface area (Å²) < 4.78 is 27.8. The van der Waals surface area contributed by atoms with E-state index in [1.165, 1.54) is 19.0 Å². The molecular weight excluding hydrogens is 326 g/mol. The van der Waals surface area contributed by atoms with Crippen LogP contribution in [0.25, 0.3) is 11.0 Å². The number of H-pyrrole nitrogens is 1. The van der Waals surface area contributed by atoms with Crippen LogP contribution < -0.4 is 9.62 Å². The topological polar surface area (TPSA) is 91.0 Å². The summed E-state index contributed by atoms with van der Waals surface area (Å²) in [6.07, 6.45) is 6.96. The molecule has 4 rings (SSSR count). The standard InChI is InChI=1S/C16H17N5O2S/c22-24(23,14-11-19-16-13(14)4-3-7-17-16)20-12-5-6-15(18-10-12)21-8-1-2-9-21/h3-7,10-11,20H,1-2,8-9H2,(H,17,19). The van der Waals surface area contributed by atoms with Gasteiger partial charge in [-0.15, -0.1) is 0 Å². The number of aromatic nitrogens is 3. The first-order valence-corrected chi connectivity index (χ1v) is 9.28. The largest absolute Gasteiger partial charge is 0.357 e. The zero-order valence-electron chi connectivity index (χ0n) is 12.9. The molecule has 0 amide bonds. The summed E-state index contributed by atoms with van der Waals surface area (Å²) in [7, 11) is -3.70. The van der Waals surface area contributed by atoms with Crippen molar-refractivity contribution in [2.24, 2.45) is 0 Å². The molecule has 7 nitrogen and oxygen atoms in total. The molecule has 124 valence electrons. The van der Waals surface area contributed by atoms with Crippen LogP contribution in [0.1, 0.15) is 12.8 Å². The Labute approximate surface area is 139 Å². The molecule has 1 aliphatic rings. The van der Waals surface area contributed by atoms with Gasteiger partial charge in [-0.05, 0) is 37.1 Å². The summed E-state index contributed by atoms with van der Waals surface area (Å²) in [5, 5.41) is 0.562. The van der Waals surface area contributed by atoms with E-state index in [1.807, 2.05) is 6.07 Å². The van der Waals surface area contributed by atoms with E-state index in [-0.39, 0.29) is 4.90 Å². The first-order valence-electron chi connectivity index (χ1n) is 7.79. The smallest absolute Gasteiger partial charge is 0.264 e. The summed E-state index contributed by atoms with van der Waals surface area (Å²) >= 11 is 0. The van der Waals surface area contributed by atoms with Crippen LogP contribution in [0, 0.1) is 0 Å². The van der Waals surface area contributed by atoms with Crippen molar-refractivity contribution in [1.82, 2.24) is 15.0 Å². The zero-order valence-corrected chi connectivity index (χ0v) is 13.8. The van der Waals surface area contributed by atoms with Crippen molar-refractivity contribution in [3.8, 4) is 0 Å². The van der Waals surface area contributed by atoms with Crippen LogP contribution >= 0.6 is 0 Å². The number of nitrogens with zero attached hydrogens (tertiary/aromatic N) is 3. The Kier molecular flexibility index (Phi) is 3.61. The summed E-state index contributed by atoms with van der Waals surface area (Å²) in [5.41, 5.74) is 0.983. The highest BCUT2D eigenvalue weighted by molar-refractivity contribution is 7.93. The molecule has 1 fully saturated rings. The van der Waals surface area contributed by atoms with E-state index in [4.69, 9.17) is 0 Å². The van der Waals surface area contributed by atoms with E-state index < -0.39 is 10.0 Å². The average Bonchev–Trinajstić information content (AvgIpc) is 3.25. The number of pyridine rings is 2. The number of hydrogen-bond acceptors (Lipinski definition) is 5. The van der Waals surface area contributed by atoms with Gasteiger partial charge in [0, 0.05) is 30.9 Å². The maximum atomic E-state index is 12.6. The molecule has 0 spiro atoms. The van der Waals surface area contributed by atoms with Gasteiger partial charge in [0.2, 0.25) is 0 Å². The molecule has 0 bridgehead atoms. The van der Waals surface area contributed by atoms with Crippen LogP contribution in [0.15, 0.2) is 47.8 Å². The molecule has 8 heteroatoms. The number of fused-ring (bicyclic) bond motifs is 1. The Morgan fingerprint density at radius 2 is 1.96 bits per heavy atom. The van der Waals surface area contributed by atoms with Crippen molar-refractivity contribution in [2.75, 3.05) is 22.7 Å². The Morgan fingerprint density at radius 3 is 2.71 bits per heavy atom. The van der Waals surface area contributed by atoms with Crippen molar-refractivity contribution in [3.63, 3.8) is 0 Å². The fourth-order valence-electron chi connectivity index (χ4n) is 2.94. The minimum atomic E-state index is -3.70. The highest BCUT2D eigenvalue weighted by atomic mass is 32.2. The van der Waals surface area contributed by atoms with E-state index in [1.54, 1.807) is 30.6 Å². The first kappa shape index (κ1) is 14.9. The molecule has 24 heavy (non-hydrogen) atoms. The van der Waals surface area contributed by atoms with Gasteiger partial charge in [0.1, 0.15) is 16.4 Å². The normalized spacial score (nSPS) is 15.1. The lowest BCUT2D eigenvalue weighted by Crippen LogP contribution is -2.19. The Hall–Kier alpha value is -2.61. The molecule has 3 aromatic rings. The molecule has 0 unspecified atom stereocenters. The molecule has 1 aliphatic heterocycles. The van der Waals surface area contributed by atoms with Gasteiger partial charge >= 0.3 is 0 Å². The Balaban J connectivity index is 1.59. The monoisotopic (exact) mass is 343 g/mol. The lowest BCUT2D eigenvalue weighted by molar-refractivity contribution is 0.602. The number of hydrogen-bond donors (Lipinski definition) is 2. The van der Waals surface area contributed by atoms with Gasteiger partial charge in [-0.3, -0.25) is 4.72 Å². The minimum absolute atomic E-state index is 0.175. The number of aromatic amines is 1. The van der Waals surface area contributed by atoms with Gasteiger partial charge in [-0.1, -0.05) is 0 Å².